The standard InChI is InChI=1S/C19H18F3N3O2/c1-24(18(26)12-25-8-7-17(23-25)19(20,21)22)11-13-3-4-15-10-16(27-2)6-5-14(15)9-13/h3-10H,11-12H2,1-2H3. The number of benzene rings is 2. The van der Waals surface area contributed by atoms with Crippen LogP contribution in [0.15, 0.2) is 48.7 Å². The van der Waals surface area contributed by atoms with Crippen LogP contribution in [0.2, 0.25) is 0 Å². The largest absolute Gasteiger partial charge is 0.497 e. The molecule has 0 saturated carbocycles. The molecule has 0 saturated heterocycles. The maximum Gasteiger partial charge on any atom is 0.435 e. The Kier molecular flexibility index (Phi) is 5.07. The second-order valence-corrected chi connectivity index (χ2v) is 6.19. The Balaban J connectivity index is 1.67. The molecule has 5 nitrogen and oxygen atoms in total. The summed E-state index contributed by atoms with van der Waals surface area (Å²) < 4.78 is 43.9. The zero-order valence-electron chi connectivity index (χ0n) is 14.8. The molecule has 142 valence electrons. The van der Waals surface area contributed by atoms with E-state index >= 15 is 0 Å². The lowest BCUT2D eigenvalue weighted by molar-refractivity contribution is -0.142. The van der Waals surface area contributed by atoms with Crippen LogP contribution in [0.4, 0.5) is 13.2 Å². The van der Waals surface area contributed by atoms with E-state index in [1.54, 1.807) is 14.2 Å². The third-order valence-corrected chi connectivity index (χ3v) is 4.19. The van der Waals surface area contributed by atoms with E-state index in [1.807, 2.05) is 36.4 Å². The number of likely N-dealkylation sites (N-methyl/N-ethyl adjacent to an activating group) is 1. The number of carbonyl (C=O) groups is 1. The monoisotopic (exact) mass is 377 g/mol. The third kappa shape index (κ3) is 4.39. The van der Waals surface area contributed by atoms with Crippen LogP contribution in [0, 0.1) is 0 Å². The Morgan fingerprint density at radius 1 is 1.15 bits per heavy atom. The van der Waals surface area contributed by atoms with Crippen molar-refractivity contribution >= 4 is 16.7 Å². The highest BCUT2D eigenvalue weighted by atomic mass is 19.4. The van der Waals surface area contributed by atoms with E-state index in [2.05, 4.69) is 5.10 Å². The number of halogens is 3. The fourth-order valence-electron chi connectivity index (χ4n) is 2.72. The lowest BCUT2D eigenvalue weighted by atomic mass is 10.1. The molecule has 0 fully saturated rings. The first kappa shape index (κ1) is 18.8. The van der Waals surface area contributed by atoms with Gasteiger partial charge in [0, 0.05) is 19.8 Å². The van der Waals surface area contributed by atoms with Crippen molar-refractivity contribution in [2.75, 3.05) is 14.2 Å². The minimum atomic E-state index is -4.52. The van der Waals surface area contributed by atoms with Gasteiger partial charge in [-0.15, -0.1) is 0 Å². The summed E-state index contributed by atoms with van der Waals surface area (Å²) in [5, 5.41) is 5.43. The van der Waals surface area contributed by atoms with Gasteiger partial charge in [0.1, 0.15) is 12.3 Å². The summed E-state index contributed by atoms with van der Waals surface area (Å²) in [5.41, 5.74) is -0.0946. The molecule has 3 rings (SSSR count). The predicted octanol–water partition coefficient (Wildman–Crippen LogP) is 3.72. The Bertz CT molecular complexity index is 966. The van der Waals surface area contributed by atoms with Crippen molar-refractivity contribution in [1.29, 1.82) is 0 Å². The van der Waals surface area contributed by atoms with Gasteiger partial charge < -0.3 is 9.64 Å². The summed E-state index contributed by atoms with van der Waals surface area (Å²) in [7, 11) is 3.21. The SMILES string of the molecule is COc1ccc2cc(CN(C)C(=O)Cn3ccc(C(F)(F)F)n3)ccc2c1. The van der Waals surface area contributed by atoms with Crippen LogP contribution in [0.25, 0.3) is 10.8 Å². The van der Waals surface area contributed by atoms with Crippen LogP contribution in [0.1, 0.15) is 11.3 Å². The average molecular weight is 377 g/mol. The summed E-state index contributed by atoms with van der Waals surface area (Å²) in [6.07, 6.45) is -3.37. The first-order chi connectivity index (χ1) is 12.8. The number of rotatable bonds is 5. The first-order valence-corrected chi connectivity index (χ1v) is 8.17. The lowest BCUT2D eigenvalue weighted by Crippen LogP contribution is -2.30. The zero-order chi connectivity index (χ0) is 19.6. The van der Waals surface area contributed by atoms with E-state index in [-0.39, 0.29) is 12.5 Å². The molecule has 0 spiro atoms. The molecule has 1 heterocycles. The molecule has 1 amide bonds. The van der Waals surface area contributed by atoms with Crippen molar-refractivity contribution in [2.45, 2.75) is 19.3 Å². The summed E-state index contributed by atoms with van der Waals surface area (Å²) in [6, 6.07) is 12.4. The van der Waals surface area contributed by atoms with E-state index in [1.165, 1.54) is 4.90 Å². The molecule has 0 bridgehead atoms. The molecule has 0 aliphatic heterocycles. The lowest BCUT2D eigenvalue weighted by Gasteiger charge is -2.18. The molecule has 0 aliphatic carbocycles. The van der Waals surface area contributed by atoms with E-state index < -0.39 is 11.9 Å². The van der Waals surface area contributed by atoms with Gasteiger partial charge in [-0.1, -0.05) is 18.2 Å². The van der Waals surface area contributed by atoms with Gasteiger partial charge in [0.15, 0.2) is 5.69 Å². The summed E-state index contributed by atoms with van der Waals surface area (Å²) in [5.74, 6) is 0.432. The van der Waals surface area contributed by atoms with Crippen LogP contribution in [0.3, 0.4) is 0 Å². The highest BCUT2D eigenvalue weighted by molar-refractivity contribution is 5.84. The van der Waals surface area contributed by atoms with Crippen LogP contribution < -0.4 is 4.74 Å². The number of aromatic nitrogens is 2. The maximum atomic E-state index is 12.6. The molecular formula is C19H18F3N3O2. The Morgan fingerprint density at radius 3 is 2.52 bits per heavy atom. The molecular weight excluding hydrogens is 359 g/mol. The molecule has 0 unspecified atom stereocenters. The Morgan fingerprint density at radius 2 is 1.85 bits per heavy atom. The summed E-state index contributed by atoms with van der Waals surface area (Å²) >= 11 is 0. The van der Waals surface area contributed by atoms with Gasteiger partial charge in [-0.05, 0) is 40.6 Å². The number of carbonyl (C=O) groups excluding carboxylic acids is 1. The summed E-state index contributed by atoms with van der Waals surface area (Å²) in [4.78, 5) is 13.7. The van der Waals surface area contributed by atoms with Crippen molar-refractivity contribution in [3.05, 3.63) is 59.9 Å². The maximum absolute atomic E-state index is 12.6. The number of nitrogens with zero attached hydrogens (tertiary/aromatic N) is 3. The van der Waals surface area contributed by atoms with Crippen molar-refractivity contribution in [1.82, 2.24) is 14.7 Å². The summed E-state index contributed by atoms with van der Waals surface area (Å²) in [6.45, 7) is 0.0888. The molecule has 0 radical (unpaired) electrons. The number of ether oxygens (including phenoxy) is 1. The van der Waals surface area contributed by atoms with E-state index in [0.717, 1.165) is 39.0 Å². The quantitative estimate of drug-likeness (QED) is 0.681. The Labute approximate surface area is 153 Å². The van der Waals surface area contributed by atoms with Gasteiger partial charge >= 0.3 is 6.18 Å². The second kappa shape index (κ2) is 7.30. The topological polar surface area (TPSA) is 47.4 Å². The molecule has 0 N–H and O–H groups in total. The van der Waals surface area contributed by atoms with Gasteiger partial charge in [0.25, 0.3) is 0 Å². The van der Waals surface area contributed by atoms with Gasteiger partial charge in [-0.2, -0.15) is 18.3 Å². The van der Waals surface area contributed by atoms with Crippen LogP contribution in [0.5, 0.6) is 5.75 Å². The highest BCUT2D eigenvalue weighted by Gasteiger charge is 2.33. The van der Waals surface area contributed by atoms with Crippen LogP contribution in [-0.2, 0) is 24.1 Å². The van der Waals surface area contributed by atoms with Gasteiger partial charge in [0.05, 0.1) is 7.11 Å². The van der Waals surface area contributed by atoms with E-state index in [9.17, 15) is 18.0 Å². The number of methoxy groups -OCH3 is 1. The normalized spacial score (nSPS) is 11.6. The van der Waals surface area contributed by atoms with Gasteiger partial charge in [-0.3, -0.25) is 9.48 Å². The van der Waals surface area contributed by atoms with Crippen molar-refractivity contribution in [3.8, 4) is 5.75 Å². The van der Waals surface area contributed by atoms with Crippen molar-refractivity contribution in [3.63, 3.8) is 0 Å². The molecule has 1 aromatic heterocycles. The third-order valence-electron chi connectivity index (χ3n) is 4.19. The molecule has 27 heavy (non-hydrogen) atoms. The minimum absolute atomic E-state index is 0.253. The van der Waals surface area contributed by atoms with Crippen LogP contribution in [-0.4, -0.2) is 34.7 Å². The fraction of sp³-hybridized carbons (Fsp3) is 0.263. The van der Waals surface area contributed by atoms with Crippen molar-refractivity contribution in [2.24, 2.45) is 0 Å². The highest BCUT2D eigenvalue weighted by Crippen LogP contribution is 2.27. The minimum Gasteiger partial charge on any atom is -0.497 e. The van der Waals surface area contributed by atoms with E-state index in [4.69, 9.17) is 4.74 Å². The van der Waals surface area contributed by atoms with Crippen molar-refractivity contribution < 1.29 is 22.7 Å². The molecule has 0 aliphatic rings. The predicted molar refractivity (Wildman–Crippen MR) is 94.2 cm³/mol. The number of alkyl halides is 3. The molecule has 2 aromatic carbocycles. The first-order valence-electron chi connectivity index (χ1n) is 8.17. The fourth-order valence-corrected chi connectivity index (χ4v) is 2.72. The van der Waals surface area contributed by atoms with Crippen LogP contribution >= 0.6 is 0 Å². The Hall–Kier alpha value is -3.03. The second-order valence-electron chi connectivity index (χ2n) is 6.19. The smallest absolute Gasteiger partial charge is 0.435 e. The molecule has 0 atom stereocenters. The number of amides is 1. The molecule has 8 heteroatoms. The number of hydrogen-bond acceptors (Lipinski definition) is 3. The average Bonchev–Trinajstić information content (AvgIpc) is 3.10. The van der Waals surface area contributed by atoms with E-state index in [0.29, 0.717) is 6.54 Å². The number of fused-ring (bicyclic) bond motifs is 1. The van der Waals surface area contributed by atoms with Gasteiger partial charge in [0.2, 0.25) is 5.91 Å². The van der Waals surface area contributed by atoms with Gasteiger partial charge in [-0.25, -0.2) is 0 Å². The number of hydrogen-bond donors (Lipinski definition) is 0. The molecule has 3 aromatic rings. The zero-order valence-corrected chi connectivity index (χ0v) is 14.8.